The Hall–Kier alpha value is -0.970. The summed E-state index contributed by atoms with van der Waals surface area (Å²) in [7, 11) is 0. The molecule has 1 aliphatic rings. The smallest absolute Gasteiger partial charge is 0.0930 e. The van der Waals surface area contributed by atoms with Crippen LogP contribution in [0.25, 0.3) is 0 Å². The van der Waals surface area contributed by atoms with E-state index in [4.69, 9.17) is 5.26 Å². The number of rotatable bonds is 3. The van der Waals surface area contributed by atoms with Crippen LogP contribution in [0.2, 0.25) is 0 Å². The fourth-order valence-corrected chi connectivity index (χ4v) is 2.35. The largest absolute Gasteiger partial charge is 0.383 e. The predicted octanol–water partition coefficient (Wildman–Crippen LogP) is 3.12. The molecule has 0 aromatic heterocycles. The van der Waals surface area contributed by atoms with Crippen LogP contribution in [0.5, 0.6) is 0 Å². The normalized spacial score (nSPS) is 21.4. The minimum absolute atomic E-state index is 0.273. The molecule has 2 heteroatoms. The van der Waals surface area contributed by atoms with Gasteiger partial charge in [-0.05, 0) is 26.2 Å². The lowest BCUT2D eigenvalue weighted by atomic mass is 9.79. The Bertz CT molecular complexity index is 242. The molecule has 1 N–H and O–H groups in total. The molecule has 1 aliphatic carbocycles. The average Bonchev–Trinajstić information content (AvgIpc) is 2.19. The third-order valence-electron chi connectivity index (χ3n) is 3.23. The van der Waals surface area contributed by atoms with Gasteiger partial charge in [0.05, 0.1) is 6.07 Å². The standard InChI is InChI=1S/C12H20N2/c1-3-12(8-5-4-6-9-12)14-11(2)7-10-13/h7,14H,3-6,8-9H2,1-2H3/b11-7-. The highest BCUT2D eigenvalue weighted by atomic mass is 15.0. The van der Waals surface area contributed by atoms with Crippen LogP contribution in [0.15, 0.2) is 11.8 Å². The first kappa shape index (κ1) is 11.1. The number of hydrogen-bond acceptors (Lipinski definition) is 2. The Morgan fingerprint density at radius 3 is 2.57 bits per heavy atom. The molecule has 0 aromatic rings. The molecule has 0 bridgehead atoms. The first-order chi connectivity index (χ1) is 6.72. The van der Waals surface area contributed by atoms with Crippen molar-refractivity contribution in [3.8, 4) is 6.07 Å². The Balaban J connectivity index is 2.61. The molecule has 1 saturated carbocycles. The summed E-state index contributed by atoms with van der Waals surface area (Å²) in [6.45, 7) is 4.22. The van der Waals surface area contributed by atoms with Crippen LogP contribution in [-0.2, 0) is 0 Å². The highest BCUT2D eigenvalue weighted by Gasteiger charge is 2.29. The van der Waals surface area contributed by atoms with Crippen molar-refractivity contribution in [3.63, 3.8) is 0 Å². The summed E-state index contributed by atoms with van der Waals surface area (Å²) in [5.41, 5.74) is 1.28. The molecule has 0 saturated heterocycles. The Labute approximate surface area is 87.0 Å². The van der Waals surface area contributed by atoms with Gasteiger partial charge in [-0.15, -0.1) is 0 Å². The third-order valence-corrected chi connectivity index (χ3v) is 3.23. The molecule has 14 heavy (non-hydrogen) atoms. The van der Waals surface area contributed by atoms with Crippen LogP contribution in [-0.4, -0.2) is 5.54 Å². The molecule has 0 amide bonds. The zero-order valence-electron chi connectivity index (χ0n) is 9.27. The van der Waals surface area contributed by atoms with Crippen molar-refractivity contribution < 1.29 is 0 Å². The van der Waals surface area contributed by atoms with Gasteiger partial charge >= 0.3 is 0 Å². The number of nitriles is 1. The molecule has 0 aliphatic heterocycles. The molecule has 0 atom stereocenters. The first-order valence-corrected chi connectivity index (χ1v) is 5.57. The summed E-state index contributed by atoms with van der Waals surface area (Å²) in [5, 5.41) is 12.1. The van der Waals surface area contributed by atoms with E-state index < -0.39 is 0 Å². The fourth-order valence-electron chi connectivity index (χ4n) is 2.35. The highest BCUT2D eigenvalue weighted by molar-refractivity contribution is 5.12. The maximum Gasteiger partial charge on any atom is 0.0930 e. The van der Waals surface area contributed by atoms with Crippen LogP contribution in [0, 0.1) is 11.3 Å². The summed E-state index contributed by atoms with van der Waals surface area (Å²) in [4.78, 5) is 0. The van der Waals surface area contributed by atoms with E-state index in [0.717, 1.165) is 12.1 Å². The molecule has 0 unspecified atom stereocenters. The molecule has 0 radical (unpaired) electrons. The predicted molar refractivity (Wildman–Crippen MR) is 58.6 cm³/mol. The van der Waals surface area contributed by atoms with Crippen LogP contribution >= 0.6 is 0 Å². The van der Waals surface area contributed by atoms with E-state index in [0.29, 0.717) is 0 Å². The van der Waals surface area contributed by atoms with E-state index in [2.05, 4.69) is 18.3 Å². The van der Waals surface area contributed by atoms with E-state index in [-0.39, 0.29) is 5.54 Å². The summed E-state index contributed by atoms with van der Waals surface area (Å²) in [6, 6.07) is 2.07. The second-order valence-electron chi connectivity index (χ2n) is 4.28. The lowest BCUT2D eigenvalue weighted by Crippen LogP contribution is -2.45. The van der Waals surface area contributed by atoms with Gasteiger partial charge in [0.1, 0.15) is 0 Å². The Kier molecular flexibility index (Phi) is 4.00. The van der Waals surface area contributed by atoms with Gasteiger partial charge in [-0.1, -0.05) is 26.2 Å². The number of nitrogens with one attached hydrogen (secondary N) is 1. The van der Waals surface area contributed by atoms with E-state index in [1.807, 2.05) is 6.92 Å². The molecule has 0 spiro atoms. The maximum atomic E-state index is 8.56. The van der Waals surface area contributed by atoms with E-state index in [9.17, 15) is 0 Å². The molecule has 1 fully saturated rings. The van der Waals surface area contributed by atoms with Gasteiger partial charge in [0.25, 0.3) is 0 Å². The molecule has 2 nitrogen and oxygen atoms in total. The second-order valence-corrected chi connectivity index (χ2v) is 4.28. The minimum atomic E-state index is 0.273. The van der Waals surface area contributed by atoms with Gasteiger partial charge in [0.2, 0.25) is 0 Å². The second kappa shape index (κ2) is 5.05. The molecule has 0 aromatic carbocycles. The van der Waals surface area contributed by atoms with Crippen molar-refractivity contribution in [2.75, 3.05) is 0 Å². The average molecular weight is 192 g/mol. The third kappa shape index (κ3) is 2.77. The lowest BCUT2D eigenvalue weighted by Gasteiger charge is -2.38. The van der Waals surface area contributed by atoms with Gasteiger partial charge in [0, 0.05) is 17.3 Å². The van der Waals surface area contributed by atoms with Crippen LogP contribution in [0.4, 0.5) is 0 Å². The number of allylic oxidation sites excluding steroid dienone is 2. The number of nitrogens with zero attached hydrogens (tertiary/aromatic N) is 1. The lowest BCUT2D eigenvalue weighted by molar-refractivity contribution is 0.241. The van der Waals surface area contributed by atoms with E-state index in [1.165, 1.54) is 32.1 Å². The monoisotopic (exact) mass is 192 g/mol. The highest BCUT2D eigenvalue weighted by Crippen LogP contribution is 2.31. The minimum Gasteiger partial charge on any atom is -0.383 e. The van der Waals surface area contributed by atoms with Gasteiger partial charge in [-0.25, -0.2) is 0 Å². The summed E-state index contributed by atoms with van der Waals surface area (Å²) >= 11 is 0. The zero-order chi connectivity index (χ0) is 10.4. The van der Waals surface area contributed by atoms with Crippen molar-refractivity contribution in [3.05, 3.63) is 11.8 Å². The fraction of sp³-hybridized carbons (Fsp3) is 0.750. The van der Waals surface area contributed by atoms with Gasteiger partial charge in [-0.3, -0.25) is 0 Å². The summed E-state index contributed by atoms with van der Waals surface area (Å²) < 4.78 is 0. The van der Waals surface area contributed by atoms with Gasteiger partial charge in [-0.2, -0.15) is 5.26 Å². The van der Waals surface area contributed by atoms with E-state index in [1.54, 1.807) is 6.08 Å². The molecule has 78 valence electrons. The van der Waals surface area contributed by atoms with Gasteiger partial charge < -0.3 is 5.32 Å². The summed E-state index contributed by atoms with van der Waals surface area (Å²) in [5.74, 6) is 0. The van der Waals surface area contributed by atoms with Crippen molar-refractivity contribution in [1.82, 2.24) is 5.32 Å². The topological polar surface area (TPSA) is 35.8 Å². The SMILES string of the molecule is CCC1(N/C(C)=C\C#N)CCCCC1. The van der Waals surface area contributed by atoms with Crippen LogP contribution in [0.3, 0.4) is 0 Å². The van der Waals surface area contributed by atoms with Crippen LogP contribution in [0.1, 0.15) is 52.4 Å². The first-order valence-electron chi connectivity index (χ1n) is 5.57. The number of hydrogen-bond donors (Lipinski definition) is 1. The maximum absolute atomic E-state index is 8.56. The van der Waals surface area contributed by atoms with Crippen molar-refractivity contribution in [2.24, 2.45) is 0 Å². The summed E-state index contributed by atoms with van der Waals surface area (Å²) in [6.07, 6.45) is 9.27. The van der Waals surface area contributed by atoms with Crippen LogP contribution < -0.4 is 5.32 Å². The van der Waals surface area contributed by atoms with Crippen molar-refractivity contribution in [2.45, 2.75) is 57.9 Å². The van der Waals surface area contributed by atoms with Crippen molar-refractivity contribution in [1.29, 1.82) is 5.26 Å². The van der Waals surface area contributed by atoms with E-state index >= 15 is 0 Å². The Morgan fingerprint density at radius 1 is 1.43 bits per heavy atom. The quantitative estimate of drug-likeness (QED) is 0.697. The van der Waals surface area contributed by atoms with Gasteiger partial charge in [0.15, 0.2) is 0 Å². The molecule has 0 heterocycles. The van der Waals surface area contributed by atoms with Crippen molar-refractivity contribution >= 4 is 0 Å². The zero-order valence-corrected chi connectivity index (χ0v) is 9.27. The molecule has 1 rings (SSSR count). The Morgan fingerprint density at radius 2 is 2.07 bits per heavy atom. The molecular formula is C12H20N2. The molecular weight excluding hydrogens is 172 g/mol.